The molecule has 2 heterocycles. The Bertz CT molecular complexity index is 392. The second kappa shape index (κ2) is 3.98. The highest BCUT2D eigenvalue weighted by Gasteiger charge is 2.26. The number of benzene rings is 1. The first-order chi connectivity index (χ1) is 7.83. The topological polar surface area (TPSA) is 38.5 Å². The molecule has 1 fully saturated rings. The van der Waals surface area contributed by atoms with Gasteiger partial charge in [0.25, 0.3) is 0 Å². The highest BCUT2D eigenvalue weighted by molar-refractivity contribution is 5.48. The van der Waals surface area contributed by atoms with E-state index >= 15 is 0 Å². The van der Waals surface area contributed by atoms with Gasteiger partial charge in [-0.05, 0) is 37.6 Å². The van der Waals surface area contributed by atoms with E-state index in [-0.39, 0.29) is 0 Å². The van der Waals surface area contributed by atoms with E-state index in [9.17, 15) is 0 Å². The molecular weight excluding hydrogens is 200 g/mol. The summed E-state index contributed by atoms with van der Waals surface area (Å²) in [6, 6.07) is 6.57. The third-order valence-corrected chi connectivity index (χ3v) is 3.64. The number of ether oxygens (including phenoxy) is 1. The Balaban J connectivity index is 1.90. The summed E-state index contributed by atoms with van der Waals surface area (Å²) in [4.78, 5) is 2.54. The quantitative estimate of drug-likeness (QED) is 0.677. The van der Waals surface area contributed by atoms with Crippen molar-refractivity contribution in [3.8, 4) is 5.75 Å². The summed E-state index contributed by atoms with van der Waals surface area (Å²) >= 11 is 0. The van der Waals surface area contributed by atoms with E-state index in [1.165, 1.54) is 31.4 Å². The standard InChI is InChI=1S/C13H18N2O/c14-11-4-5-13-10(7-11)8-15-6-2-1-3-12(15)9-16-13/h4-5,7,12H,1-3,6,8-9,14H2. The number of fused-ring (bicyclic) bond motifs is 2. The molecule has 1 unspecified atom stereocenters. The average molecular weight is 218 g/mol. The van der Waals surface area contributed by atoms with Gasteiger partial charge >= 0.3 is 0 Å². The van der Waals surface area contributed by atoms with Crippen LogP contribution >= 0.6 is 0 Å². The van der Waals surface area contributed by atoms with Gasteiger partial charge in [-0.2, -0.15) is 0 Å². The van der Waals surface area contributed by atoms with E-state index in [0.29, 0.717) is 6.04 Å². The Labute approximate surface area is 96.2 Å². The number of piperidine rings is 1. The van der Waals surface area contributed by atoms with Crippen molar-refractivity contribution in [1.29, 1.82) is 0 Å². The Kier molecular flexibility index (Phi) is 2.48. The molecule has 86 valence electrons. The van der Waals surface area contributed by atoms with Crippen LogP contribution in [0.25, 0.3) is 0 Å². The molecule has 1 aromatic carbocycles. The molecule has 0 aliphatic carbocycles. The lowest BCUT2D eigenvalue weighted by atomic mass is 10.0. The molecule has 0 radical (unpaired) electrons. The zero-order chi connectivity index (χ0) is 11.0. The van der Waals surface area contributed by atoms with Gasteiger partial charge in [-0.25, -0.2) is 0 Å². The SMILES string of the molecule is Nc1ccc2c(c1)CN1CCCCC1CO2. The Morgan fingerprint density at radius 1 is 1.31 bits per heavy atom. The van der Waals surface area contributed by atoms with Crippen LogP contribution in [0.15, 0.2) is 18.2 Å². The molecule has 16 heavy (non-hydrogen) atoms. The van der Waals surface area contributed by atoms with Gasteiger partial charge in [0.1, 0.15) is 12.4 Å². The van der Waals surface area contributed by atoms with Crippen LogP contribution in [0.1, 0.15) is 24.8 Å². The number of hydrogen-bond acceptors (Lipinski definition) is 3. The summed E-state index contributed by atoms with van der Waals surface area (Å²) in [6.07, 6.45) is 3.92. The predicted octanol–water partition coefficient (Wildman–Crippen LogP) is 2.02. The number of anilines is 1. The third-order valence-electron chi connectivity index (χ3n) is 3.64. The van der Waals surface area contributed by atoms with Gasteiger partial charge < -0.3 is 10.5 Å². The maximum atomic E-state index is 5.88. The zero-order valence-electron chi connectivity index (χ0n) is 9.48. The summed E-state index contributed by atoms with van der Waals surface area (Å²) in [5.41, 5.74) is 7.90. The molecule has 3 rings (SSSR count). The maximum absolute atomic E-state index is 5.88. The lowest BCUT2D eigenvalue weighted by molar-refractivity contribution is 0.108. The molecule has 3 heteroatoms. The van der Waals surface area contributed by atoms with E-state index in [2.05, 4.69) is 4.90 Å². The van der Waals surface area contributed by atoms with Crippen LogP contribution in [0.5, 0.6) is 5.75 Å². The summed E-state index contributed by atoms with van der Waals surface area (Å²) in [5.74, 6) is 1.02. The number of hydrogen-bond donors (Lipinski definition) is 1. The zero-order valence-corrected chi connectivity index (χ0v) is 9.48. The molecule has 2 N–H and O–H groups in total. The van der Waals surface area contributed by atoms with Crippen molar-refractivity contribution in [3.05, 3.63) is 23.8 Å². The van der Waals surface area contributed by atoms with Gasteiger partial charge in [-0.1, -0.05) is 6.42 Å². The van der Waals surface area contributed by atoms with Crippen molar-refractivity contribution < 1.29 is 4.74 Å². The van der Waals surface area contributed by atoms with Crippen molar-refractivity contribution in [2.45, 2.75) is 31.8 Å². The van der Waals surface area contributed by atoms with Crippen LogP contribution in [-0.2, 0) is 6.54 Å². The van der Waals surface area contributed by atoms with Crippen LogP contribution in [-0.4, -0.2) is 24.1 Å². The van der Waals surface area contributed by atoms with Gasteiger partial charge in [0.05, 0.1) is 0 Å². The van der Waals surface area contributed by atoms with Crippen molar-refractivity contribution in [2.75, 3.05) is 18.9 Å². The monoisotopic (exact) mass is 218 g/mol. The van der Waals surface area contributed by atoms with Crippen LogP contribution < -0.4 is 10.5 Å². The first-order valence-corrected chi connectivity index (χ1v) is 6.08. The highest BCUT2D eigenvalue weighted by Crippen LogP contribution is 2.30. The largest absolute Gasteiger partial charge is 0.492 e. The molecule has 2 aliphatic rings. The molecule has 1 aromatic rings. The first-order valence-electron chi connectivity index (χ1n) is 6.08. The number of nitrogens with two attached hydrogens (primary N) is 1. The predicted molar refractivity (Wildman–Crippen MR) is 64.4 cm³/mol. The Morgan fingerprint density at radius 2 is 2.25 bits per heavy atom. The smallest absolute Gasteiger partial charge is 0.124 e. The van der Waals surface area contributed by atoms with Crippen LogP contribution in [0.4, 0.5) is 5.69 Å². The van der Waals surface area contributed by atoms with Crippen molar-refractivity contribution in [1.82, 2.24) is 4.90 Å². The minimum Gasteiger partial charge on any atom is -0.492 e. The van der Waals surface area contributed by atoms with Crippen molar-refractivity contribution in [2.24, 2.45) is 0 Å². The van der Waals surface area contributed by atoms with E-state index in [4.69, 9.17) is 10.5 Å². The van der Waals surface area contributed by atoms with Gasteiger partial charge in [-0.3, -0.25) is 4.90 Å². The Hall–Kier alpha value is -1.22. The van der Waals surface area contributed by atoms with Gasteiger partial charge in [0.15, 0.2) is 0 Å². The second-order valence-electron chi connectivity index (χ2n) is 4.80. The fourth-order valence-corrected chi connectivity index (χ4v) is 2.73. The molecule has 0 spiro atoms. The van der Waals surface area contributed by atoms with Crippen LogP contribution in [0, 0.1) is 0 Å². The average Bonchev–Trinajstić information content (AvgIpc) is 2.47. The molecule has 0 aromatic heterocycles. The molecule has 3 nitrogen and oxygen atoms in total. The summed E-state index contributed by atoms with van der Waals surface area (Å²) in [6.45, 7) is 3.02. The van der Waals surface area contributed by atoms with Gasteiger partial charge in [0.2, 0.25) is 0 Å². The van der Waals surface area contributed by atoms with Gasteiger partial charge in [0, 0.05) is 23.8 Å². The lowest BCUT2D eigenvalue weighted by Gasteiger charge is -2.33. The molecule has 0 saturated carbocycles. The Morgan fingerprint density at radius 3 is 3.19 bits per heavy atom. The second-order valence-corrected chi connectivity index (χ2v) is 4.80. The fraction of sp³-hybridized carbons (Fsp3) is 0.538. The molecule has 0 amide bonds. The summed E-state index contributed by atoms with van der Waals surface area (Å²) in [7, 11) is 0. The van der Waals surface area contributed by atoms with E-state index < -0.39 is 0 Å². The normalized spacial score (nSPS) is 25.1. The first kappa shape index (κ1) is 9.97. The summed E-state index contributed by atoms with van der Waals surface area (Å²) < 4.78 is 5.88. The summed E-state index contributed by atoms with van der Waals surface area (Å²) in [5, 5.41) is 0. The number of nitrogen functional groups attached to an aromatic ring is 1. The third kappa shape index (κ3) is 1.76. The lowest BCUT2D eigenvalue weighted by Crippen LogP contribution is -2.40. The van der Waals surface area contributed by atoms with E-state index in [1.54, 1.807) is 0 Å². The minimum absolute atomic E-state index is 0.599. The van der Waals surface area contributed by atoms with Crippen LogP contribution in [0.2, 0.25) is 0 Å². The fourth-order valence-electron chi connectivity index (χ4n) is 2.73. The van der Waals surface area contributed by atoms with E-state index in [1.807, 2.05) is 18.2 Å². The van der Waals surface area contributed by atoms with Crippen molar-refractivity contribution >= 4 is 5.69 Å². The highest BCUT2D eigenvalue weighted by atomic mass is 16.5. The van der Waals surface area contributed by atoms with Crippen LogP contribution in [0.3, 0.4) is 0 Å². The molecule has 2 aliphatic heterocycles. The maximum Gasteiger partial charge on any atom is 0.124 e. The number of nitrogens with zero attached hydrogens (tertiary/aromatic N) is 1. The number of rotatable bonds is 0. The molecule has 0 bridgehead atoms. The molecule has 1 saturated heterocycles. The van der Waals surface area contributed by atoms with E-state index in [0.717, 1.165) is 24.6 Å². The van der Waals surface area contributed by atoms with Gasteiger partial charge in [-0.15, -0.1) is 0 Å². The molecular formula is C13H18N2O. The minimum atomic E-state index is 0.599. The van der Waals surface area contributed by atoms with Crippen molar-refractivity contribution in [3.63, 3.8) is 0 Å². The molecule has 1 atom stereocenters.